The van der Waals surface area contributed by atoms with Crippen molar-refractivity contribution in [2.24, 2.45) is 22.7 Å². The predicted octanol–water partition coefficient (Wildman–Crippen LogP) is 12.0. The molecule has 1 heterocycles. The first-order valence-corrected chi connectivity index (χ1v) is 19.1. The number of hydrogen-bond acceptors (Lipinski definition) is 4. The lowest BCUT2D eigenvalue weighted by Crippen LogP contribution is -2.36. The number of hydrogen-bond donors (Lipinski definition) is 0. The summed E-state index contributed by atoms with van der Waals surface area (Å²) in [5, 5.41) is 0. The first-order valence-electron chi connectivity index (χ1n) is 19.1. The van der Waals surface area contributed by atoms with Gasteiger partial charge < -0.3 is 9.47 Å². The van der Waals surface area contributed by atoms with E-state index in [4.69, 9.17) is 14.5 Å². The maximum Gasteiger partial charge on any atom is 0.305 e. The van der Waals surface area contributed by atoms with Gasteiger partial charge in [-0.3, -0.25) is 9.79 Å². The van der Waals surface area contributed by atoms with Gasteiger partial charge in [0.05, 0.1) is 18.9 Å². The molecule has 0 aliphatic carbocycles. The molecular formula is C45H63NO3. The van der Waals surface area contributed by atoms with Crippen LogP contribution in [0.2, 0.25) is 0 Å². The topological polar surface area (TPSA) is 47.9 Å². The lowest BCUT2D eigenvalue weighted by atomic mass is 9.84. The molecule has 4 rings (SSSR count). The maximum absolute atomic E-state index is 12.3. The van der Waals surface area contributed by atoms with E-state index in [1.54, 1.807) is 0 Å². The molecule has 1 aliphatic rings. The molecule has 1 unspecified atom stereocenters. The first kappa shape index (κ1) is 38.4. The molecule has 0 spiro atoms. The van der Waals surface area contributed by atoms with Crippen molar-refractivity contribution in [3.63, 3.8) is 0 Å². The van der Waals surface area contributed by atoms with Gasteiger partial charge in [0.2, 0.25) is 0 Å². The number of rotatable bonds is 19. The Bertz CT molecular complexity index is 1420. The summed E-state index contributed by atoms with van der Waals surface area (Å²) in [6.45, 7) is 14.0. The minimum atomic E-state index is -0.212. The van der Waals surface area contributed by atoms with Crippen LogP contribution < -0.4 is 4.74 Å². The van der Waals surface area contributed by atoms with Gasteiger partial charge in [-0.05, 0) is 86.5 Å². The monoisotopic (exact) mass is 665 g/mol. The van der Waals surface area contributed by atoms with E-state index in [0.29, 0.717) is 12.8 Å². The third kappa shape index (κ3) is 12.2. The molecule has 49 heavy (non-hydrogen) atoms. The molecule has 0 radical (unpaired) electrons. The molecule has 4 nitrogen and oxygen atoms in total. The van der Waals surface area contributed by atoms with Crippen LogP contribution >= 0.6 is 0 Å². The maximum atomic E-state index is 12.3. The van der Waals surface area contributed by atoms with Crippen LogP contribution in [0, 0.1) is 24.7 Å². The summed E-state index contributed by atoms with van der Waals surface area (Å²) in [5.41, 5.74) is 6.44. The number of aryl methyl sites for hydroxylation is 2. The van der Waals surface area contributed by atoms with E-state index in [-0.39, 0.29) is 17.6 Å². The van der Waals surface area contributed by atoms with Gasteiger partial charge in [-0.25, -0.2) is 0 Å². The van der Waals surface area contributed by atoms with Crippen LogP contribution in [0.25, 0.3) is 0 Å². The number of ether oxygens (including phenoxy) is 2. The number of fused-ring (bicyclic) bond motifs is 1. The Kier molecular flexibility index (Phi) is 15.0. The summed E-state index contributed by atoms with van der Waals surface area (Å²) in [5.74, 6) is 3.28. The van der Waals surface area contributed by atoms with Crippen molar-refractivity contribution < 1.29 is 14.3 Å². The van der Waals surface area contributed by atoms with Gasteiger partial charge in [-0.15, -0.1) is 0 Å². The first-order chi connectivity index (χ1) is 23.6. The van der Waals surface area contributed by atoms with Crippen LogP contribution in [0.5, 0.6) is 5.75 Å². The Morgan fingerprint density at radius 2 is 1.39 bits per heavy atom. The van der Waals surface area contributed by atoms with Crippen molar-refractivity contribution in [3.8, 4) is 5.75 Å². The van der Waals surface area contributed by atoms with Crippen molar-refractivity contribution in [3.05, 3.63) is 101 Å². The fourth-order valence-corrected chi connectivity index (χ4v) is 7.40. The lowest BCUT2D eigenvalue weighted by Gasteiger charge is -2.37. The van der Waals surface area contributed by atoms with E-state index in [1.807, 2.05) is 36.4 Å². The molecule has 4 heteroatoms. The number of esters is 1. The molecule has 4 atom stereocenters. The second-order valence-electron chi connectivity index (χ2n) is 15.6. The fraction of sp³-hybridized carbons (Fsp3) is 0.556. The highest BCUT2D eigenvalue weighted by atomic mass is 16.5. The van der Waals surface area contributed by atoms with Gasteiger partial charge in [0, 0.05) is 17.5 Å². The Hall–Kier alpha value is -3.40. The van der Waals surface area contributed by atoms with E-state index in [2.05, 4.69) is 77.9 Å². The Labute approximate surface area is 298 Å². The number of carbonyl (C=O) groups excluding carboxylic acids is 1. The van der Waals surface area contributed by atoms with Gasteiger partial charge >= 0.3 is 5.97 Å². The lowest BCUT2D eigenvalue weighted by molar-refractivity contribution is -0.140. The molecule has 0 saturated heterocycles. The molecule has 3 aromatic rings. The van der Waals surface area contributed by atoms with E-state index in [0.717, 1.165) is 70.7 Å². The van der Waals surface area contributed by atoms with Gasteiger partial charge in [-0.2, -0.15) is 0 Å². The fourth-order valence-electron chi connectivity index (χ4n) is 7.40. The molecule has 266 valence electrons. The summed E-state index contributed by atoms with van der Waals surface area (Å²) in [7, 11) is 1.45. The number of carbonyl (C=O) groups is 1. The third-order valence-electron chi connectivity index (χ3n) is 10.5. The molecule has 0 aromatic heterocycles. The standard InChI is InChI=1S/C45H63NO3/c1-33(2)17-14-18-34(3)19-15-20-35(4)21-16-29-45(6)30-28-39-32-40(31-36(5)44(39)49-45)41(26-27-42(47)48-7)46-43(37-22-10-8-11-23-37)38-24-12-9-13-25-38/h8-13,22-25,31-35,41H,14-21,26-30H2,1-7H3/t34-,35-,41?,45+/m1/s1. The van der Waals surface area contributed by atoms with E-state index in [1.165, 1.54) is 64.0 Å². The second-order valence-corrected chi connectivity index (χ2v) is 15.6. The number of benzene rings is 3. The number of methoxy groups -OCH3 is 1. The summed E-state index contributed by atoms with van der Waals surface area (Å²) in [6, 6.07) is 25.0. The molecule has 1 aliphatic heterocycles. The number of nitrogens with zero attached hydrogens (tertiary/aromatic N) is 1. The molecule has 0 saturated carbocycles. The average Bonchev–Trinajstić information content (AvgIpc) is 3.09. The summed E-state index contributed by atoms with van der Waals surface area (Å²) in [6.07, 6.45) is 14.6. The van der Waals surface area contributed by atoms with E-state index < -0.39 is 0 Å². The van der Waals surface area contributed by atoms with Crippen LogP contribution in [0.4, 0.5) is 0 Å². The minimum absolute atomic E-state index is 0.139. The van der Waals surface area contributed by atoms with Gasteiger partial charge in [0.1, 0.15) is 11.4 Å². The van der Waals surface area contributed by atoms with Crippen LogP contribution in [0.1, 0.15) is 146 Å². The number of aliphatic imine (C=N–C) groups is 1. The molecule has 0 amide bonds. The van der Waals surface area contributed by atoms with Crippen LogP contribution in [0.3, 0.4) is 0 Å². The van der Waals surface area contributed by atoms with Gasteiger partial charge in [-0.1, -0.05) is 139 Å². The van der Waals surface area contributed by atoms with Crippen molar-refractivity contribution >= 4 is 11.7 Å². The highest BCUT2D eigenvalue weighted by Crippen LogP contribution is 2.41. The normalized spacial score (nSPS) is 17.5. The Balaban J connectivity index is 1.43. The Morgan fingerprint density at radius 3 is 1.96 bits per heavy atom. The van der Waals surface area contributed by atoms with Crippen LogP contribution in [0.15, 0.2) is 77.8 Å². The molecule has 0 bridgehead atoms. The van der Waals surface area contributed by atoms with E-state index >= 15 is 0 Å². The zero-order valence-electron chi connectivity index (χ0n) is 31.6. The zero-order valence-corrected chi connectivity index (χ0v) is 31.6. The van der Waals surface area contributed by atoms with Crippen LogP contribution in [-0.2, 0) is 16.0 Å². The average molecular weight is 666 g/mol. The minimum Gasteiger partial charge on any atom is -0.487 e. The predicted molar refractivity (Wildman–Crippen MR) is 206 cm³/mol. The molecular weight excluding hydrogens is 602 g/mol. The van der Waals surface area contributed by atoms with Crippen molar-refractivity contribution in [1.82, 2.24) is 0 Å². The third-order valence-corrected chi connectivity index (χ3v) is 10.5. The van der Waals surface area contributed by atoms with Crippen molar-refractivity contribution in [2.75, 3.05) is 7.11 Å². The largest absolute Gasteiger partial charge is 0.487 e. The van der Waals surface area contributed by atoms with Gasteiger partial charge in [0.15, 0.2) is 0 Å². The summed E-state index contributed by atoms with van der Waals surface area (Å²) >= 11 is 0. The highest BCUT2D eigenvalue weighted by molar-refractivity contribution is 6.13. The molecule has 0 fully saturated rings. The second kappa shape index (κ2) is 19.1. The quantitative estimate of drug-likeness (QED) is 0.0945. The van der Waals surface area contributed by atoms with Crippen molar-refractivity contribution in [2.45, 2.75) is 137 Å². The SMILES string of the molecule is COC(=O)CCC(N=C(c1ccccc1)c1ccccc1)c1cc(C)c2c(c1)CC[C@](C)(CCC[C@H](C)CCC[C@H](C)CCCC(C)C)O2. The molecule has 0 N–H and O–H groups in total. The highest BCUT2D eigenvalue weighted by Gasteiger charge is 2.33. The van der Waals surface area contributed by atoms with Gasteiger partial charge in [0.25, 0.3) is 0 Å². The molecule has 3 aromatic carbocycles. The summed E-state index contributed by atoms with van der Waals surface area (Å²) < 4.78 is 11.9. The zero-order chi connectivity index (χ0) is 35.2. The van der Waals surface area contributed by atoms with Crippen molar-refractivity contribution in [1.29, 1.82) is 0 Å². The summed E-state index contributed by atoms with van der Waals surface area (Å²) in [4.78, 5) is 17.7. The smallest absolute Gasteiger partial charge is 0.305 e. The van der Waals surface area contributed by atoms with E-state index in [9.17, 15) is 4.79 Å². The Morgan fingerprint density at radius 1 is 0.816 bits per heavy atom. The van der Waals surface area contributed by atoms with Crippen LogP contribution in [-0.4, -0.2) is 24.4 Å².